The first-order valence-electron chi connectivity index (χ1n) is 9.16. The number of rotatable bonds is 5. The van der Waals surface area contributed by atoms with Crippen molar-refractivity contribution in [2.24, 2.45) is 0 Å². The minimum atomic E-state index is 0.0450. The Balaban J connectivity index is 1.41. The van der Waals surface area contributed by atoms with Crippen molar-refractivity contribution in [1.82, 2.24) is 9.80 Å². The first kappa shape index (κ1) is 18.2. The summed E-state index contributed by atoms with van der Waals surface area (Å²) in [4.78, 5) is 17.1. The third-order valence-electron chi connectivity index (χ3n) is 5.09. The van der Waals surface area contributed by atoms with Gasteiger partial charge in [0, 0.05) is 37.9 Å². The molecule has 0 aliphatic carbocycles. The normalized spacial score (nSPS) is 23.4. The zero-order chi connectivity index (χ0) is 17.6. The molecule has 2 heterocycles. The average Bonchev–Trinajstić information content (AvgIpc) is 2.63. The SMILES string of the molecule is COc1ccc(NC(=O)CN2CCC(N3CCOC(C)C3)CC2)cc1. The Bertz CT molecular complexity index is 556. The van der Waals surface area contributed by atoms with Crippen molar-refractivity contribution < 1.29 is 14.3 Å². The number of likely N-dealkylation sites (tertiary alicyclic amines) is 1. The summed E-state index contributed by atoms with van der Waals surface area (Å²) in [6.45, 7) is 7.46. The maximum absolute atomic E-state index is 12.3. The number of benzene rings is 1. The number of hydrogen-bond donors (Lipinski definition) is 1. The van der Waals surface area contributed by atoms with Crippen LogP contribution in [0.4, 0.5) is 5.69 Å². The Morgan fingerprint density at radius 2 is 1.96 bits per heavy atom. The molecule has 1 aromatic rings. The van der Waals surface area contributed by atoms with Crippen molar-refractivity contribution in [3.05, 3.63) is 24.3 Å². The van der Waals surface area contributed by atoms with Gasteiger partial charge in [-0.25, -0.2) is 0 Å². The second kappa shape index (κ2) is 8.65. The molecule has 1 N–H and O–H groups in total. The molecule has 1 amide bonds. The van der Waals surface area contributed by atoms with Crippen molar-refractivity contribution in [3.8, 4) is 5.75 Å². The van der Waals surface area contributed by atoms with Gasteiger partial charge < -0.3 is 14.8 Å². The summed E-state index contributed by atoms with van der Waals surface area (Å²) in [5.41, 5.74) is 0.808. The lowest BCUT2D eigenvalue weighted by Crippen LogP contribution is -2.51. The van der Waals surface area contributed by atoms with Gasteiger partial charge in [0.15, 0.2) is 0 Å². The number of methoxy groups -OCH3 is 1. The first-order chi connectivity index (χ1) is 12.1. The Morgan fingerprint density at radius 3 is 2.60 bits per heavy atom. The van der Waals surface area contributed by atoms with Crippen LogP contribution in [0, 0.1) is 0 Å². The molecule has 0 spiro atoms. The smallest absolute Gasteiger partial charge is 0.238 e. The van der Waals surface area contributed by atoms with Gasteiger partial charge in [-0.15, -0.1) is 0 Å². The van der Waals surface area contributed by atoms with E-state index in [1.54, 1.807) is 7.11 Å². The maximum Gasteiger partial charge on any atom is 0.238 e. The molecule has 2 aliphatic rings. The van der Waals surface area contributed by atoms with Crippen LogP contribution in [0.25, 0.3) is 0 Å². The molecule has 25 heavy (non-hydrogen) atoms. The van der Waals surface area contributed by atoms with E-state index in [9.17, 15) is 4.79 Å². The molecule has 0 saturated carbocycles. The molecule has 1 unspecified atom stereocenters. The number of nitrogens with one attached hydrogen (secondary N) is 1. The quantitative estimate of drug-likeness (QED) is 0.881. The van der Waals surface area contributed by atoms with E-state index in [0.29, 0.717) is 18.7 Å². The van der Waals surface area contributed by atoms with E-state index in [4.69, 9.17) is 9.47 Å². The van der Waals surface area contributed by atoms with E-state index in [1.165, 1.54) is 0 Å². The first-order valence-corrected chi connectivity index (χ1v) is 9.16. The molecule has 6 nitrogen and oxygen atoms in total. The molecule has 0 radical (unpaired) electrons. The summed E-state index contributed by atoms with van der Waals surface area (Å²) in [6.07, 6.45) is 2.59. The molecule has 0 aromatic heterocycles. The van der Waals surface area contributed by atoms with Crippen LogP contribution >= 0.6 is 0 Å². The lowest BCUT2D eigenvalue weighted by molar-refractivity contribution is -0.117. The summed E-state index contributed by atoms with van der Waals surface area (Å²) < 4.78 is 10.8. The Morgan fingerprint density at radius 1 is 1.24 bits per heavy atom. The van der Waals surface area contributed by atoms with E-state index in [2.05, 4.69) is 22.0 Å². The molecule has 1 aromatic carbocycles. The molecule has 2 aliphatic heterocycles. The molecule has 6 heteroatoms. The van der Waals surface area contributed by atoms with Gasteiger partial charge >= 0.3 is 0 Å². The number of morpholine rings is 1. The van der Waals surface area contributed by atoms with Crippen LogP contribution in [0.2, 0.25) is 0 Å². The third kappa shape index (κ3) is 5.17. The number of carbonyl (C=O) groups excluding carboxylic acids is 1. The molecular formula is C19H29N3O3. The highest BCUT2D eigenvalue weighted by Gasteiger charge is 2.28. The van der Waals surface area contributed by atoms with Gasteiger partial charge in [-0.1, -0.05) is 0 Å². The second-order valence-electron chi connectivity index (χ2n) is 6.96. The average molecular weight is 347 g/mol. The van der Waals surface area contributed by atoms with Gasteiger partial charge in [-0.05, 0) is 44.0 Å². The van der Waals surface area contributed by atoms with Crippen LogP contribution in [0.3, 0.4) is 0 Å². The maximum atomic E-state index is 12.3. The fraction of sp³-hybridized carbons (Fsp3) is 0.632. The van der Waals surface area contributed by atoms with E-state index >= 15 is 0 Å². The van der Waals surface area contributed by atoms with Crippen LogP contribution in [0.15, 0.2) is 24.3 Å². The largest absolute Gasteiger partial charge is 0.497 e. The minimum Gasteiger partial charge on any atom is -0.497 e. The van der Waals surface area contributed by atoms with Crippen LogP contribution in [0.5, 0.6) is 5.75 Å². The van der Waals surface area contributed by atoms with Crippen molar-refractivity contribution in [1.29, 1.82) is 0 Å². The van der Waals surface area contributed by atoms with E-state index in [0.717, 1.165) is 57.1 Å². The highest BCUT2D eigenvalue weighted by molar-refractivity contribution is 5.92. The Hall–Kier alpha value is -1.63. The summed E-state index contributed by atoms with van der Waals surface area (Å²) in [5, 5.41) is 2.96. The molecule has 0 bridgehead atoms. The fourth-order valence-electron chi connectivity index (χ4n) is 3.70. The summed E-state index contributed by atoms with van der Waals surface area (Å²) in [5.74, 6) is 0.834. The molecule has 2 saturated heterocycles. The van der Waals surface area contributed by atoms with E-state index in [-0.39, 0.29) is 5.91 Å². The number of anilines is 1. The van der Waals surface area contributed by atoms with Gasteiger partial charge in [0.25, 0.3) is 0 Å². The predicted molar refractivity (Wildman–Crippen MR) is 98.1 cm³/mol. The standard InChI is InChI=1S/C19H29N3O3/c1-15-13-22(11-12-25-15)17-7-9-21(10-8-17)14-19(23)20-16-3-5-18(24-2)6-4-16/h3-6,15,17H,7-14H2,1-2H3,(H,20,23). The second-order valence-corrected chi connectivity index (χ2v) is 6.96. The minimum absolute atomic E-state index is 0.0450. The summed E-state index contributed by atoms with van der Waals surface area (Å²) in [6, 6.07) is 8.06. The molecule has 2 fully saturated rings. The number of amides is 1. The zero-order valence-electron chi connectivity index (χ0n) is 15.2. The number of ether oxygens (including phenoxy) is 2. The van der Waals surface area contributed by atoms with Crippen molar-refractivity contribution in [3.63, 3.8) is 0 Å². The molecule has 3 rings (SSSR count). The summed E-state index contributed by atoms with van der Waals surface area (Å²) in [7, 11) is 1.63. The molecular weight excluding hydrogens is 318 g/mol. The third-order valence-corrected chi connectivity index (χ3v) is 5.09. The summed E-state index contributed by atoms with van der Waals surface area (Å²) >= 11 is 0. The van der Waals surface area contributed by atoms with Crippen LogP contribution < -0.4 is 10.1 Å². The van der Waals surface area contributed by atoms with Crippen molar-refractivity contribution in [2.45, 2.75) is 31.9 Å². The van der Waals surface area contributed by atoms with Crippen LogP contribution in [0.1, 0.15) is 19.8 Å². The number of piperidine rings is 1. The molecule has 138 valence electrons. The van der Waals surface area contributed by atoms with Crippen molar-refractivity contribution in [2.75, 3.05) is 51.8 Å². The van der Waals surface area contributed by atoms with Crippen LogP contribution in [-0.4, -0.2) is 74.3 Å². The highest BCUT2D eigenvalue weighted by atomic mass is 16.5. The van der Waals surface area contributed by atoms with Gasteiger partial charge in [0.2, 0.25) is 5.91 Å². The lowest BCUT2D eigenvalue weighted by atomic mass is 10.0. The zero-order valence-corrected chi connectivity index (χ0v) is 15.2. The van der Waals surface area contributed by atoms with Crippen molar-refractivity contribution >= 4 is 11.6 Å². The number of hydrogen-bond acceptors (Lipinski definition) is 5. The van der Waals surface area contributed by atoms with Gasteiger partial charge in [-0.3, -0.25) is 14.6 Å². The highest BCUT2D eigenvalue weighted by Crippen LogP contribution is 2.19. The van der Waals surface area contributed by atoms with Gasteiger partial charge in [0.1, 0.15) is 5.75 Å². The Kier molecular flexibility index (Phi) is 6.29. The number of nitrogens with zero attached hydrogens (tertiary/aromatic N) is 2. The fourth-order valence-corrected chi connectivity index (χ4v) is 3.70. The molecule has 1 atom stereocenters. The monoisotopic (exact) mass is 347 g/mol. The van der Waals surface area contributed by atoms with Crippen LogP contribution in [-0.2, 0) is 9.53 Å². The lowest BCUT2D eigenvalue weighted by Gasteiger charge is -2.41. The topological polar surface area (TPSA) is 54.0 Å². The van der Waals surface area contributed by atoms with E-state index in [1.807, 2.05) is 24.3 Å². The van der Waals surface area contributed by atoms with Gasteiger partial charge in [0.05, 0.1) is 26.4 Å². The van der Waals surface area contributed by atoms with E-state index < -0.39 is 0 Å². The Labute approximate surface area is 150 Å². The number of carbonyl (C=O) groups is 1. The predicted octanol–water partition coefficient (Wildman–Crippen LogP) is 1.82. The van der Waals surface area contributed by atoms with Gasteiger partial charge in [-0.2, -0.15) is 0 Å².